The molecule has 1 atom stereocenters. The summed E-state index contributed by atoms with van der Waals surface area (Å²) >= 11 is 0.974. The number of hydrogen-bond donors (Lipinski definition) is 2. The Balaban J connectivity index is 2.07. The summed E-state index contributed by atoms with van der Waals surface area (Å²) in [5.41, 5.74) is -2.90. The number of methoxy groups -OCH3 is 1. The molecule has 2 aromatic rings. The van der Waals surface area contributed by atoms with Gasteiger partial charge in [0.2, 0.25) is 0 Å². The highest BCUT2D eigenvalue weighted by molar-refractivity contribution is 7.16. The lowest BCUT2D eigenvalue weighted by molar-refractivity contribution is -0.203. The largest absolute Gasteiger partial charge is 0.466 e. The average Bonchev–Trinajstić information content (AvgIpc) is 3.27. The number of halogens is 3. The zero-order chi connectivity index (χ0) is 21.2. The fraction of sp³-hybridized carbons (Fsp3) is 0.316. The van der Waals surface area contributed by atoms with E-state index in [-0.39, 0.29) is 16.1 Å². The third-order valence-corrected chi connectivity index (χ3v) is 5.80. The van der Waals surface area contributed by atoms with Gasteiger partial charge in [-0.15, -0.1) is 11.3 Å². The highest BCUT2D eigenvalue weighted by Gasteiger charge is 2.64. The molecule has 152 valence electrons. The number of rotatable bonds is 5. The molecule has 0 aliphatic heterocycles. The number of hydrogen-bond acceptors (Lipinski definition) is 6. The first-order valence-corrected chi connectivity index (χ1v) is 9.40. The number of thiophene rings is 1. The summed E-state index contributed by atoms with van der Waals surface area (Å²) in [7, 11) is 0.790. The second-order valence-electron chi connectivity index (χ2n) is 6.36. The Hall–Kier alpha value is -3.06. The van der Waals surface area contributed by atoms with E-state index >= 15 is 0 Å². The summed E-state index contributed by atoms with van der Waals surface area (Å²) in [4.78, 5) is 25.6. The topological polar surface area (TPSA) is 91.2 Å². The molecule has 29 heavy (non-hydrogen) atoms. The van der Waals surface area contributed by atoms with Crippen LogP contribution < -0.4 is 10.6 Å². The third-order valence-electron chi connectivity index (χ3n) is 4.59. The Morgan fingerprint density at radius 2 is 1.90 bits per heavy atom. The van der Waals surface area contributed by atoms with Gasteiger partial charge in [0.25, 0.3) is 5.91 Å². The first-order valence-electron chi connectivity index (χ1n) is 8.59. The summed E-state index contributed by atoms with van der Waals surface area (Å²) in [6, 6.07) is 9.09. The molecule has 0 saturated carbocycles. The number of anilines is 1. The Bertz CT molecular complexity index is 982. The maximum absolute atomic E-state index is 14.2. The van der Waals surface area contributed by atoms with E-state index in [0.29, 0.717) is 18.4 Å². The first kappa shape index (κ1) is 20.7. The Kier molecular flexibility index (Phi) is 5.53. The molecule has 3 rings (SSSR count). The lowest BCUT2D eigenvalue weighted by Crippen LogP contribution is -2.69. The molecule has 0 radical (unpaired) electrons. The van der Waals surface area contributed by atoms with Gasteiger partial charge in [-0.1, -0.05) is 18.2 Å². The van der Waals surface area contributed by atoms with E-state index in [4.69, 9.17) is 0 Å². The van der Waals surface area contributed by atoms with E-state index in [1.165, 1.54) is 24.3 Å². The van der Waals surface area contributed by atoms with Crippen LogP contribution in [0.5, 0.6) is 0 Å². The third kappa shape index (κ3) is 3.65. The molecule has 1 amide bonds. The zero-order valence-electron chi connectivity index (χ0n) is 15.2. The normalized spacial score (nSPS) is 15.0. The fourth-order valence-electron chi connectivity index (χ4n) is 3.16. The Labute approximate surface area is 168 Å². The molecule has 1 aromatic carbocycles. The first-order chi connectivity index (χ1) is 13.7. The van der Waals surface area contributed by atoms with Crippen LogP contribution in [0.1, 0.15) is 32.8 Å². The van der Waals surface area contributed by atoms with E-state index in [9.17, 15) is 28.0 Å². The predicted molar refractivity (Wildman–Crippen MR) is 99.4 cm³/mol. The molecule has 1 aromatic heterocycles. The van der Waals surface area contributed by atoms with E-state index < -0.39 is 23.7 Å². The number of esters is 1. The highest BCUT2D eigenvalue weighted by Crippen LogP contribution is 2.42. The van der Waals surface area contributed by atoms with Crippen molar-refractivity contribution in [2.24, 2.45) is 0 Å². The number of nitrogens with one attached hydrogen (secondary N) is 2. The van der Waals surface area contributed by atoms with Crippen molar-refractivity contribution in [3.05, 3.63) is 51.9 Å². The van der Waals surface area contributed by atoms with Crippen LogP contribution in [-0.2, 0) is 22.4 Å². The number of nitrogens with zero attached hydrogens (tertiary/aromatic N) is 1. The van der Waals surface area contributed by atoms with Gasteiger partial charge in [-0.25, -0.2) is 4.79 Å². The molecule has 1 aliphatic rings. The molecule has 1 heterocycles. The van der Waals surface area contributed by atoms with Crippen LogP contribution in [0.2, 0.25) is 0 Å². The molecule has 0 spiro atoms. The van der Waals surface area contributed by atoms with Crippen molar-refractivity contribution in [1.29, 1.82) is 5.26 Å². The number of carbonyl (C=O) groups is 2. The van der Waals surface area contributed by atoms with Crippen LogP contribution in [0.15, 0.2) is 30.3 Å². The average molecular weight is 423 g/mol. The van der Waals surface area contributed by atoms with E-state index in [0.717, 1.165) is 29.7 Å². The van der Waals surface area contributed by atoms with Crippen LogP contribution in [0, 0.1) is 11.3 Å². The van der Waals surface area contributed by atoms with Gasteiger partial charge in [-0.3, -0.25) is 4.79 Å². The minimum atomic E-state index is -5.26. The highest BCUT2D eigenvalue weighted by atomic mass is 32.1. The predicted octanol–water partition coefficient (Wildman–Crippen LogP) is 3.38. The van der Waals surface area contributed by atoms with E-state index in [2.05, 4.69) is 10.1 Å². The summed E-state index contributed by atoms with van der Waals surface area (Å²) in [5, 5.41) is 13.2. The molecule has 2 N–H and O–H groups in total. The van der Waals surface area contributed by atoms with Crippen molar-refractivity contribution in [3.63, 3.8) is 0 Å². The zero-order valence-corrected chi connectivity index (χ0v) is 16.0. The van der Waals surface area contributed by atoms with Gasteiger partial charge in [0.15, 0.2) is 0 Å². The molecule has 6 nitrogen and oxygen atoms in total. The van der Waals surface area contributed by atoms with Gasteiger partial charge in [0.1, 0.15) is 11.1 Å². The van der Waals surface area contributed by atoms with Crippen molar-refractivity contribution < 1.29 is 27.5 Å². The number of carbonyl (C=O) groups excluding carboxylic acids is 2. The number of nitriles is 1. The monoisotopic (exact) mass is 423 g/mol. The Morgan fingerprint density at radius 1 is 1.21 bits per heavy atom. The summed E-state index contributed by atoms with van der Waals surface area (Å²) < 4.78 is 46.9. The van der Waals surface area contributed by atoms with Crippen LogP contribution in [0.4, 0.5) is 18.2 Å². The minimum absolute atomic E-state index is 0.0500. The molecule has 1 unspecified atom stereocenters. The van der Waals surface area contributed by atoms with Crippen molar-refractivity contribution in [2.45, 2.75) is 31.1 Å². The maximum atomic E-state index is 14.2. The molecular weight excluding hydrogens is 407 g/mol. The second-order valence-corrected chi connectivity index (χ2v) is 7.46. The number of ether oxygens (including phenoxy) is 1. The number of amides is 1. The fourth-order valence-corrected chi connectivity index (χ4v) is 4.45. The minimum Gasteiger partial charge on any atom is -0.466 e. The van der Waals surface area contributed by atoms with Gasteiger partial charge in [0.05, 0.1) is 12.7 Å². The van der Waals surface area contributed by atoms with Gasteiger partial charge in [-0.05, 0) is 37.0 Å². The van der Waals surface area contributed by atoms with Crippen molar-refractivity contribution in [3.8, 4) is 6.07 Å². The number of benzene rings is 1. The lowest BCUT2D eigenvalue weighted by atomic mass is 10.1. The van der Waals surface area contributed by atoms with Crippen molar-refractivity contribution in [2.75, 3.05) is 12.4 Å². The number of aryl methyl sites for hydroxylation is 1. The SMILES string of the molecule is COC(=O)C(NC(=O)c1ccccc1)(Nc1sc2c(c1C#N)CCC2)C(F)(F)F. The van der Waals surface area contributed by atoms with Gasteiger partial charge >= 0.3 is 17.8 Å². The Morgan fingerprint density at radius 3 is 2.48 bits per heavy atom. The lowest BCUT2D eigenvalue weighted by Gasteiger charge is -2.34. The van der Waals surface area contributed by atoms with E-state index in [1.807, 2.05) is 6.07 Å². The summed E-state index contributed by atoms with van der Waals surface area (Å²) in [6.45, 7) is 0. The summed E-state index contributed by atoms with van der Waals surface area (Å²) in [5.74, 6) is -2.87. The van der Waals surface area contributed by atoms with Gasteiger partial charge in [-0.2, -0.15) is 18.4 Å². The van der Waals surface area contributed by atoms with Crippen LogP contribution >= 0.6 is 11.3 Å². The number of alkyl halides is 3. The molecule has 0 fully saturated rings. The molecule has 0 saturated heterocycles. The van der Waals surface area contributed by atoms with Gasteiger partial charge in [0, 0.05) is 10.4 Å². The molecule has 0 bridgehead atoms. The van der Waals surface area contributed by atoms with Crippen LogP contribution in [0.25, 0.3) is 0 Å². The maximum Gasteiger partial charge on any atom is 0.441 e. The smallest absolute Gasteiger partial charge is 0.441 e. The standard InChI is InChI=1S/C19H16F3N3O3S/c1-28-17(27)18(19(20,21)22,24-15(26)11-6-3-2-4-7-11)25-16-13(10-23)12-8-5-9-14(12)29-16/h2-4,6-7,25H,5,8-9H2,1H3,(H,24,26). The van der Waals surface area contributed by atoms with Crippen molar-refractivity contribution in [1.82, 2.24) is 5.32 Å². The van der Waals surface area contributed by atoms with Crippen molar-refractivity contribution >= 4 is 28.2 Å². The quantitative estimate of drug-likeness (QED) is 0.568. The second kappa shape index (κ2) is 7.75. The summed E-state index contributed by atoms with van der Waals surface area (Å²) in [6.07, 6.45) is -3.23. The van der Waals surface area contributed by atoms with E-state index in [1.54, 1.807) is 11.4 Å². The van der Waals surface area contributed by atoms with Gasteiger partial charge < -0.3 is 15.4 Å². The van der Waals surface area contributed by atoms with Crippen LogP contribution in [0.3, 0.4) is 0 Å². The molecule has 1 aliphatic carbocycles. The molecule has 10 heteroatoms. The van der Waals surface area contributed by atoms with Crippen LogP contribution in [-0.4, -0.2) is 30.8 Å². The molecular formula is C19H16F3N3O3S. The number of fused-ring (bicyclic) bond motifs is 1.